The molecule has 5 nitrogen and oxygen atoms in total. The highest BCUT2D eigenvalue weighted by atomic mass is 16.2. The monoisotopic (exact) mass is 309 g/mol. The third kappa shape index (κ3) is 3.88. The Morgan fingerprint density at radius 2 is 1.83 bits per heavy atom. The number of nitrogens with one attached hydrogen (secondary N) is 2. The summed E-state index contributed by atoms with van der Waals surface area (Å²) in [6.45, 7) is 1.44. The van der Waals surface area contributed by atoms with E-state index in [0.717, 1.165) is 29.9 Å². The van der Waals surface area contributed by atoms with Crippen molar-refractivity contribution in [3.63, 3.8) is 0 Å². The van der Waals surface area contributed by atoms with Crippen molar-refractivity contribution in [3.05, 3.63) is 60.2 Å². The molecule has 1 aliphatic heterocycles. The van der Waals surface area contributed by atoms with Crippen LogP contribution < -0.4 is 15.5 Å². The molecule has 118 valence electrons. The number of nitrogens with zero attached hydrogens (tertiary/aromatic N) is 1. The molecule has 1 aliphatic rings. The maximum Gasteiger partial charge on any atom is 0.321 e. The molecule has 0 unspecified atom stereocenters. The molecule has 3 amide bonds. The van der Waals surface area contributed by atoms with Crippen LogP contribution in [0.1, 0.15) is 12.0 Å². The van der Waals surface area contributed by atoms with Crippen LogP contribution in [0.15, 0.2) is 54.6 Å². The Bertz CT molecular complexity index is 683. The largest absolute Gasteiger partial charge is 0.338 e. The first kappa shape index (κ1) is 15.1. The predicted octanol–water partition coefficient (Wildman–Crippen LogP) is 2.79. The molecule has 2 N–H and O–H groups in total. The van der Waals surface area contributed by atoms with Gasteiger partial charge in [0.25, 0.3) is 0 Å². The number of carbonyl (C=O) groups is 2. The Morgan fingerprint density at radius 1 is 1.09 bits per heavy atom. The Balaban J connectivity index is 1.61. The fraction of sp³-hybridized carbons (Fsp3) is 0.222. The number of hydrogen-bond donors (Lipinski definition) is 2. The lowest BCUT2D eigenvalue weighted by atomic mass is 10.1. The quantitative estimate of drug-likeness (QED) is 0.912. The Labute approximate surface area is 135 Å². The highest BCUT2D eigenvalue weighted by molar-refractivity contribution is 5.94. The summed E-state index contributed by atoms with van der Waals surface area (Å²) < 4.78 is 0. The van der Waals surface area contributed by atoms with Crippen molar-refractivity contribution in [1.82, 2.24) is 5.32 Å². The number of urea groups is 1. The van der Waals surface area contributed by atoms with E-state index in [1.807, 2.05) is 54.6 Å². The van der Waals surface area contributed by atoms with E-state index >= 15 is 0 Å². The van der Waals surface area contributed by atoms with Crippen molar-refractivity contribution in [2.45, 2.75) is 12.8 Å². The summed E-state index contributed by atoms with van der Waals surface area (Å²) in [6.07, 6.45) is 1.28. The minimum atomic E-state index is -0.0721. The fourth-order valence-corrected chi connectivity index (χ4v) is 2.59. The Morgan fingerprint density at radius 3 is 2.52 bits per heavy atom. The second kappa shape index (κ2) is 6.96. The second-order valence-electron chi connectivity index (χ2n) is 5.49. The number of hydrogen-bond acceptors (Lipinski definition) is 2. The Hall–Kier alpha value is -2.82. The van der Waals surface area contributed by atoms with Gasteiger partial charge in [-0.25, -0.2) is 4.79 Å². The average molecular weight is 309 g/mol. The van der Waals surface area contributed by atoms with E-state index in [2.05, 4.69) is 10.6 Å². The van der Waals surface area contributed by atoms with E-state index in [9.17, 15) is 9.59 Å². The molecule has 0 aromatic heterocycles. The van der Waals surface area contributed by atoms with Crippen LogP contribution in [0, 0.1) is 0 Å². The molecule has 0 saturated carbocycles. The molecule has 1 heterocycles. The Kier molecular flexibility index (Phi) is 4.57. The molecule has 5 heteroatoms. The predicted molar refractivity (Wildman–Crippen MR) is 90.6 cm³/mol. The van der Waals surface area contributed by atoms with Crippen LogP contribution in [0.25, 0.3) is 0 Å². The number of rotatable bonds is 4. The van der Waals surface area contributed by atoms with Crippen molar-refractivity contribution in [1.29, 1.82) is 0 Å². The SMILES string of the molecule is O=C(Cc1ccccc1)Nc1ccc(N2CCCNC2=O)cc1. The summed E-state index contributed by atoms with van der Waals surface area (Å²) >= 11 is 0. The topological polar surface area (TPSA) is 61.4 Å². The van der Waals surface area contributed by atoms with Gasteiger partial charge in [-0.1, -0.05) is 30.3 Å². The van der Waals surface area contributed by atoms with Gasteiger partial charge in [0.2, 0.25) is 5.91 Å². The van der Waals surface area contributed by atoms with E-state index in [1.165, 1.54) is 0 Å². The van der Waals surface area contributed by atoms with Gasteiger partial charge < -0.3 is 10.6 Å². The van der Waals surface area contributed by atoms with Crippen molar-refractivity contribution in [2.75, 3.05) is 23.3 Å². The summed E-state index contributed by atoms with van der Waals surface area (Å²) in [5.74, 6) is -0.0559. The summed E-state index contributed by atoms with van der Waals surface area (Å²) in [5, 5.41) is 5.70. The van der Waals surface area contributed by atoms with Gasteiger partial charge in [-0.05, 0) is 36.2 Å². The second-order valence-corrected chi connectivity index (χ2v) is 5.49. The summed E-state index contributed by atoms with van der Waals surface area (Å²) in [7, 11) is 0. The van der Waals surface area contributed by atoms with Crippen LogP contribution in [0.4, 0.5) is 16.2 Å². The van der Waals surface area contributed by atoms with Crippen LogP contribution in [-0.2, 0) is 11.2 Å². The van der Waals surface area contributed by atoms with E-state index < -0.39 is 0 Å². The molecule has 23 heavy (non-hydrogen) atoms. The zero-order valence-corrected chi connectivity index (χ0v) is 12.8. The van der Waals surface area contributed by atoms with Crippen molar-refractivity contribution < 1.29 is 9.59 Å². The molecule has 3 rings (SSSR count). The third-order valence-corrected chi connectivity index (χ3v) is 3.75. The van der Waals surface area contributed by atoms with Crippen LogP contribution in [-0.4, -0.2) is 25.0 Å². The van der Waals surface area contributed by atoms with Gasteiger partial charge in [-0.3, -0.25) is 9.69 Å². The molecular weight excluding hydrogens is 290 g/mol. The first-order valence-corrected chi connectivity index (χ1v) is 7.71. The highest BCUT2D eigenvalue weighted by Crippen LogP contribution is 2.20. The fourth-order valence-electron chi connectivity index (χ4n) is 2.59. The first-order valence-electron chi connectivity index (χ1n) is 7.71. The van der Waals surface area contributed by atoms with Crippen molar-refractivity contribution >= 4 is 23.3 Å². The van der Waals surface area contributed by atoms with Gasteiger partial charge in [0.05, 0.1) is 6.42 Å². The van der Waals surface area contributed by atoms with E-state index in [0.29, 0.717) is 13.0 Å². The lowest BCUT2D eigenvalue weighted by Gasteiger charge is -2.27. The highest BCUT2D eigenvalue weighted by Gasteiger charge is 2.18. The maximum atomic E-state index is 12.0. The molecule has 1 saturated heterocycles. The molecule has 2 aromatic rings. The zero-order chi connectivity index (χ0) is 16.1. The molecule has 1 fully saturated rings. The molecular formula is C18H19N3O2. The molecule has 0 radical (unpaired) electrons. The lowest BCUT2D eigenvalue weighted by Crippen LogP contribution is -2.46. The van der Waals surface area contributed by atoms with Gasteiger partial charge in [0.15, 0.2) is 0 Å². The standard InChI is InChI=1S/C18H19N3O2/c22-17(13-14-5-2-1-3-6-14)20-15-7-9-16(10-8-15)21-12-4-11-19-18(21)23/h1-3,5-10H,4,11-13H2,(H,19,23)(H,20,22). The molecule has 0 aliphatic carbocycles. The van der Waals surface area contributed by atoms with Gasteiger partial charge >= 0.3 is 6.03 Å². The summed E-state index contributed by atoms with van der Waals surface area (Å²) in [6, 6.07) is 16.9. The molecule has 0 atom stereocenters. The maximum absolute atomic E-state index is 12.0. The van der Waals surface area contributed by atoms with Gasteiger partial charge in [-0.15, -0.1) is 0 Å². The van der Waals surface area contributed by atoms with Crippen LogP contribution >= 0.6 is 0 Å². The minimum Gasteiger partial charge on any atom is -0.338 e. The lowest BCUT2D eigenvalue weighted by molar-refractivity contribution is -0.115. The minimum absolute atomic E-state index is 0.0559. The molecule has 2 aromatic carbocycles. The number of carbonyl (C=O) groups excluding carboxylic acids is 2. The average Bonchev–Trinajstić information content (AvgIpc) is 2.57. The number of anilines is 2. The smallest absolute Gasteiger partial charge is 0.321 e. The molecule has 0 bridgehead atoms. The zero-order valence-electron chi connectivity index (χ0n) is 12.8. The van der Waals surface area contributed by atoms with Crippen LogP contribution in [0.3, 0.4) is 0 Å². The van der Waals surface area contributed by atoms with E-state index in [1.54, 1.807) is 4.90 Å². The van der Waals surface area contributed by atoms with E-state index in [4.69, 9.17) is 0 Å². The summed E-state index contributed by atoms with van der Waals surface area (Å²) in [5.41, 5.74) is 2.54. The van der Waals surface area contributed by atoms with Crippen molar-refractivity contribution in [3.8, 4) is 0 Å². The van der Waals surface area contributed by atoms with E-state index in [-0.39, 0.29) is 11.9 Å². The summed E-state index contributed by atoms with van der Waals surface area (Å²) in [4.78, 5) is 25.5. The van der Waals surface area contributed by atoms with Crippen LogP contribution in [0.5, 0.6) is 0 Å². The number of amides is 3. The third-order valence-electron chi connectivity index (χ3n) is 3.75. The van der Waals surface area contributed by atoms with Gasteiger partial charge in [-0.2, -0.15) is 0 Å². The van der Waals surface area contributed by atoms with Crippen LogP contribution in [0.2, 0.25) is 0 Å². The van der Waals surface area contributed by atoms with Gasteiger partial charge in [0, 0.05) is 24.5 Å². The first-order chi connectivity index (χ1) is 11.2. The normalized spacial score (nSPS) is 14.3. The van der Waals surface area contributed by atoms with Crippen molar-refractivity contribution in [2.24, 2.45) is 0 Å². The number of benzene rings is 2. The van der Waals surface area contributed by atoms with Gasteiger partial charge in [0.1, 0.15) is 0 Å². The molecule has 0 spiro atoms.